The molecule has 0 spiro atoms. The molecule has 2 aromatic carbocycles. The molecule has 0 saturated heterocycles. The van der Waals surface area contributed by atoms with Crippen molar-refractivity contribution in [2.24, 2.45) is 11.8 Å². The van der Waals surface area contributed by atoms with Crippen LogP contribution < -0.4 is 0 Å². The van der Waals surface area contributed by atoms with Gasteiger partial charge in [-0.25, -0.2) is 0 Å². The van der Waals surface area contributed by atoms with E-state index in [9.17, 15) is 0 Å². The molecule has 32 heavy (non-hydrogen) atoms. The van der Waals surface area contributed by atoms with Crippen LogP contribution in [0.3, 0.4) is 0 Å². The Kier molecular flexibility index (Phi) is 11.0. The van der Waals surface area contributed by atoms with Gasteiger partial charge in [-0.1, -0.05) is 126 Å². The smallest absolute Gasteiger partial charge is 0.00806 e. The Bertz CT molecular complexity index is 934. The molecule has 1 aliphatic carbocycles. The Morgan fingerprint density at radius 1 is 1.00 bits per heavy atom. The lowest BCUT2D eigenvalue weighted by molar-refractivity contribution is 0.544. The van der Waals surface area contributed by atoms with Gasteiger partial charge >= 0.3 is 0 Å². The number of allylic oxidation sites excluding steroid dienone is 5. The van der Waals surface area contributed by atoms with E-state index < -0.39 is 0 Å². The zero-order valence-corrected chi connectivity index (χ0v) is 20.9. The topological polar surface area (TPSA) is 0 Å². The monoisotopic (exact) mass is 426 g/mol. The standard InChI is InChI=1S/C26H28.C6H14/c1-4-6-7-16-24-18-22-14-8-9-15-23(22)19-26(24)20(3)25-17-11-10-13-21(25)12-5-2;1-4-6(3)5-2/h5-15,17,19,24H,3-4,16,18H2,1-2H3;6H,4-5H2,1-3H3/b7-6?,12-5-;. The third-order valence-corrected chi connectivity index (χ3v) is 6.47. The molecular weight excluding hydrogens is 384 g/mol. The van der Waals surface area contributed by atoms with E-state index in [-0.39, 0.29) is 0 Å². The first-order valence-electron chi connectivity index (χ1n) is 12.4. The molecule has 0 heteroatoms. The van der Waals surface area contributed by atoms with Crippen molar-refractivity contribution in [2.45, 2.75) is 66.7 Å². The molecule has 170 valence electrons. The predicted octanol–water partition coefficient (Wildman–Crippen LogP) is 9.79. The second kappa shape index (κ2) is 13.7. The van der Waals surface area contributed by atoms with Gasteiger partial charge < -0.3 is 0 Å². The van der Waals surface area contributed by atoms with E-state index in [2.05, 4.69) is 120 Å². The molecule has 0 heterocycles. The van der Waals surface area contributed by atoms with Crippen molar-refractivity contribution in [2.75, 3.05) is 0 Å². The van der Waals surface area contributed by atoms with Crippen LogP contribution in [0.25, 0.3) is 17.7 Å². The summed E-state index contributed by atoms with van der Waals surface area (Å²) < 4.78 is 0. The molecule has 0 N–H and O–H groups in total. The third kappa shape index (κ3) is 7.23. The average Bonchev–Trinajstić information content (AvgIpc) is 2.83. The van der Waals surface area contributed by atoms with Gasteiger partial charge in [0.15, 0.2) is 0 Å². The second-order valence-corrected chi connectivity index (χ2v) is 8.80. The third-order valence-electron chi connectivity index (χ3n) is 6.47. The minimum Gasteiger partial charge on any atom is -0.0908 e. The lowest BCUT2D eigenvalue weighted by atomic mass is 9.77. The highest BCUT2D eigenvalue weighted by atomic mass is 14.3. The highest BCUT2D eigenvalue weighted by molar-refractivity contribution is 5.88. The van der Waals surface area contributed by atoms with Gasteiger partial charge in [-0.3, -0.25) is 0 Å². The van der Waals surface area contributed by atoms with Crippen molar-refractivity contribution < 1.29 is 0 Å². The van der Waals surface area contributed by atoms with E-state index in [0.29, 0.717) is 5.92 Å². The van der Waals surface area contributed by atoms with Gasteiger partial charge in [-0.05, 0) is 71.4 Å². The van der Waals surface area contributed by atoms with Gasteiger partial charge in [0.25, 0.3) is 0 Å². The van der Waals surface area contributed by atoms with Crippen LogP contribution in [0.4, 0.5) is 0 Å². The number of benzene rings is 2. The van der Waals surface area contributed by atoms with Gasteiger partial charge in [0.05, 0.1) is 0 Å². The van der Waals surface area contributed by atoms with E-state index in [1.165, 1.54) is 40.7 Å². The molecule has 1 atom stereocenters. The number of hydrogen-bond acceptors (Lipinski definition) is 0. The highest BCUT2D eigenvalue weighted by Gasteiger charge is 2.23. The summed E-state index contributed by atoms with van der Waals surface area (Å²) in [6.07, 6.45) is 17.1. The van der Waals surface area contributed by atoms with Crippen molar-refractivity contribution in [3.63, 3.8) is 0 Å². The van der Waals surface area contributed by atoms with E-state index in [0.717, 1.165) is 30.8 Å². The Morgan fingerprint density at radius 3 is 2.34 bits per heavy atom. The lowest BCUT2D eigenvalue weighted by Crippen LogP contribution is -2.14. The number of rotatable bonds is 8. The van der Waals surface area contributed by atoms with Crippen LogP contribution >= 0.6 is 0 Å². The quantitative estimate of drug-likeness (QED) is 0.368. The molecule has 0 bridgehead atoms. The molecule has 0 saturated carbocycles. The minimum absolute atomic E-state index is 0.485. The Morgan fingerprint density at radius 2 is 1.69 bits per heavy atom. The molecule has 0 fully saturated rings. The van der Waals surface area contributed by atoms with Crippen LogP contribution in [0, 0.1) is 11.8 Å². The summed E-state index contributed by atoms with van der Waals surface area (Å²) in [6.45, 7) is 15.5. The molecule has 1 aliphatic rings. The first-order chi connectivity index (χ1) is 15.5. The molecule has 2 aromatic rings. The van der Waals surface area contributed by atoms with Gasteiger partial charge in [-0.2, -0.15) is 0 Å². The fourth-order valence-corrected chi connectivity index (χ4v) is 4.03. The normalized spacial score (nSPS) is 15.4. The molecular formula is C32H42. The second-order valence-electron chi connectivity index (χ2n) is 8.80. The minimum atomic E-state index is 0.485. The summed E-state index contributed by atoms with van der Waals surface area (Å²) in [4.78, 5) is 0. The maximum atomic E-state index is 4.52. The average molecular weight is 427 g/mol. The maximum Gasteiger partial charge on any atom is -0.00806 e. The molecule has 0 nitrogen and oxygen atoms in total. The SMILES string of the molecule is C=C(C1=Cc2ccccc2CC1CC=CCC)c1ccccc1/C=C\C.CCC(C)CC. The number of hydrogen-bond donors (Lipinski definition) is 0. The van der Waals surface area contributed by atoms with Gasteiger partial charge in [0, 0.05) is 0 Å². The lowest BCUT2D eigenvalue weighted by Gasteiger charge is -2.27. The summed E-state index contributed by atoms with van der Waals surface area (Å²) >= 11 is 0. The van der Waals surface area contributed by atoms with Crippen molar-refractivity contribution in [3.05, 3.63) is 101 Å². The van der Waals surface area contributed by atoms with Crippen LogP contribution in [0.1, 0.15) is 82.6 Å². The van der Waals surface area contributed by atoms with Crippen molar-refractivity contribution in [1.82, 2.24) is 0 Å². The van der Waals surface area contributed by atoms with Crippen LogP contribution in [0.5, 0.6) is 0 Å². The first kappa shape index (κ1) is 25.7. The number of fused-ring (bicyclic) bond motifs is 1. The zero-order chi connectivity index (χ0) is 23.3. The molecule has 0 amide bonds. The summed E-state index contributed by atoms with van der Waals surface area (Å²) in [5.41, 5.74) is 7.79. The van der Waals surface area contributed by atoms with Gasteiger partial charge in [-0.15, -0.1) is 0 Å². The van der Waals surface area contributed by atoms with E-state index in [4.69, 9.17) is 0 Å². The van der Waals surface area contributed by atoms with Crippen LogP contribution in [0.2, 0.25) is 0 Å². The fraction of sp³-hybridized carbons (Fsp3) is 0.375. The Labute approximate surface area is 197 Å². The van der Waals surface area contributed by atoms with E-state index >= 15 is 0 Å². The van der Waals surface area contributed by atoms with Crippen molar-refractivity contribution >= 4 is 17.7 Å². The molecule has 3 rings (SSSR count). The van der Waals surface area contributed by atoms with Crippen molar-refractivity contribution in [1.29, 1.82) is 0 Å². The van der Waals surface area contributed by atoms with Crippen LogP contribution in [-0.4, -0.2) is 0 Å². The summed E-state index contributed by atoms with van der Waals surface area (Å²) in [5.74, 6) is 1.42. The van der Waals surface area contributed by atoms with Gasteiger partial charge in [0.2, 0.25) is 0 Å². The van der Waals surface area contributed by atoms with Crippen molar-refractivity contribution in [3.8, 4) is 0 Å². The highest BCUT2D eigenvalue weighted by Crippen LogP contribution is 2.39. The van der Waals surface area contributed by atoms with Gasteiger partial charge in [0.1, 0.15) is 0 Å². The Balaban J connectivity index is 0.000000534. The summed E-state index contributed by atoms with van der Waals surface area (Å²) in [6, 6.07) is 17.3. The fourth-order valence-electron chi connectivity index (χ4n) is 4.03. The maximum absolute atomic E-state index is 4.52. The summed E-state index contributed by atoms with van der Waals surface area (Å²) in [5, 5.41) is 0. The van der Waals surface area contributed by atoms with E-state index in [1.807, 2.05) is 0 Å². The Hall–Kier alpha value is -2.60. The summed E-state index contributed by atoms with van der Waals surface area (Å²) in [7, 11) is 0. The van der Waals surface area contributed by atoms with Crippen LogP contribution in [0.15, 0.2) is 78.9 Å². The largest absolute Gasteiger partial charge is 0.0908 e. The van der Waals surface area contributed by atoms with Crippen LogP contribution in [-0.2, 0) is 6.42 Å². The molecule has 1 unspecified atom stereocenters. The molecule has 0 aliphatic heterocycles. The van der Waals surface area contributed by atoms with E-state index in [1.54, 1.807) is 0 Å². The zero-order valence-electron chi connectivity index (χ0n) is 20.9. The molecule has 0 radical (unpaired) electrons. The predicted molar refractivity (Wildman–Crippen MR) is 146 cm³/mol. The first-order valence-corrected chi connectivity index (χ1v) is 12.4. The molecule has 0 aromatic heterocycles.